The standard InChI is InChI=1S/C19H15ClN2O2S/c20-15-8-4-9-16(12-15)22-18(23)17-10-5-11-21-19(17)25(24)13-14-6-2-1-3-7-14/h1-12H,13H2,(H,22,23). The van der Waals surface area contributed by atoms with Gasteiger partial charge in [-0.3, -0.25) is 9.00 Å². The minimum atomic E-state index is -1.43. The van der Waals surface area contributed by atoms with Gasteiger partial charge in [-0.2, -0.15) is 0 Å². The van der Waals surface area contributed by atoms with Crippen LogP contribution in [0.25, 0.3) is 0 Å². The maximum atomic E-state index is 12.7. The Bertz CT molecular complexity index is 916. The second-order valence-corrected chi connectivity index (χ2v) is 7.10. The van der Waals surface area contributed by atoms with Crippen LogP contribution in [0.2, 0.25) is 5.02 Å². The highest BCUT2D eigenvalue weighted by atomic mass is 35.5. The minimum absolute atomic E-state index is 0.269. The summed E-state index contributed by atoms with van der Waals surface area (Å²) in [4.78, 5) is 16.7. The average Bonchev–Trinajstić information content (AvgIpc) is 2.62. The first-order chi connectivity index (χ1) is 12.1. The molecule has 0 aliphatic heterocycles. The summed E-state index contributed by atoms with van der Waals surface area (Å²) in [5.41, 5.74) is 1.78. The molecule has 0 spiro atoms. The first-order valence-corrected chi connectivity index (χ1v) is 9.27. The van der Waals surface area contributed by atoms with Crippen LogP contribution in [0.3, 0.4) is 0 Å². The monoisotopic (exact) mass is 370 g/mol. The number of carbonyl (C=O) groups is 1. The van der Waals surface area contributed by atoms with Crippen molar-refractivity contribution in [1.82, 2.24) is 4.98 Å². The fourth-order valence-electron chi connectivity index (χ4n) is 2.30. The largest absolute Gasteiger partial charge is 0.322 e. The third-order valence-electron chi connectivity index (χ3n) is 3.45. The molecular formula is C19H15ClN2O2S. The molecule has 1 N–H and O–H groups in total. The number of halogens is 1. The Morgan fingerprint density at radius 2 is 1.84 bits per heavy atom. The van der Waals surface area contributed by atoms with Crippen molar-refractivity contribution in [2.45, 2.75) is 10.8 Å². The number of aromatic nitrogens is 1. The molecule has 126 valence electrons. The number of anilines is 1. The van der Waals surface area contributed by atoms with Crippen molar-refractivity contribution in [1.29, 1.82) is 0 Å². The summed E-state index contributed by atoms with van der Waals surface area (Å²) in [7, 11) is -1.43. The smallest absolute Gasteiger partial charge is 0.258 e. The number of rotatable bonds is 5. The lowest BCUT2D eigenvalue weighted by Gasteiger charge is -2.09. The Labute approximate surface area is 153 Å². The van der Waals surface area contributed by atoms with E-state index in [2.05, 4.69) is 10.3 Å². The molecule has 25 heavy (non-hydrogen) atoms. The summed E-state index contributed by atoms with van der Waals surface area (Å²) in [6.45, 7) is 0. The summed E-state index contributed by atoms with van der Waals surface area (Å²) < 4.78 is 12.7. The second-order valence-electron chi connectivity index (χ2n) is 5.30. The summed E-state index contributed by atoms with van der Waals surface area (Å²) in [5.74, 6) is -0.0678. The maximum absolute atomic E-state index is 12.7. The minimum Gasteiger partial charge on any atom is -0.322 e. The molecule has 3 aromatic rings. The van der Waals surface area contributed by atoms with E-state index in [1.54, 1.807) is 36.4 Å². The van der Waals surface area contributed by atoms with Gasteiger partial charge in [0.05, 0.1) is 22.1 Å². The lowest BCUT2D eigenvalue weighted by atomic mass is 10.2. The fraction of sp³-hybridized carbons (Fsp3) is 0.0526. The Hall–Kier alpha value is -2.50. The third kappa shape index (κ3) is 4.53. The van der Waals surface area contributed by atoms with E-state index in [-0.39, 0.29) is 16.5 Å². The van der Waals surface area contributed by atoms with Crippen LogP contribution in [-0.2, 0) is 16.6 Å². The van der Waals surface area contributed by atoms with Crippen molar-refractivity contribution < 1.29 is 9.00 Å². The van der Waals surface area contributed by atoms with Gasteiger partial charge in [-0.1, -0.05) is 48.0 Å². The lowest BCUT2D eigenvalue weighted by Crippen LogP contribution is -2.16. The molecular weight excluding hydrogens is 356 g/mol. The first-order valence-electron chi connectivity index (χ1n) is 7.58. The fourth-order valence-corrected chi connectivity index (χ4v) is 3.71. The molecule has 1 aromatic heterocycles. The van der Waals surface area contributed by atoms with E-state index in [4.69, 9.17) is 11.6 Å². The molecule has 1 unspecified atom stereocenters. The van der Waals surface area contributed by atoms with Gasteiger partial charge < -0.3 is 5.32 Å². The van der Waals surface area contributed by atoms with E-state index in [1.165, 1.54) is 6.20 Å². The quantitative estimate of drug-likeness (QED) is 0.728. The highest BCUT2D eigenvalue weighted by Crippen LogP contribution is 2.19. The van der Waals surface area contributed by atoms with Gasteiger partial charge in [-0.15, -0.1) is 0 Å². The average molecular weight is 371 g/mol. The van der Waals surface area contributed by atoms with E-state index < -0.39 is 10.8 Å². The molecule has 6 heteroatoms. The molecule has 3 rings (SSSR count). The molecule has 0 saturated carbocycles. The molecule has 1 atom stereocenters. The Morgan fingerprint density at radius 3 is 2.60 bits per heavy atom. The zero-order valence-corrected chi connectivity index (χ0v) is 14.8. The van der Waals surface area contributed by atoms with Gasteiger partial charge in [0, 0.05) is 16.9 Å². The topological polar surface area (TPSA) is 59.1 Å². The first kappa shape index (κ1) is 17.3. The number of hydrogen-bond donors (Lipinski definition) is 1. The van der Waals surface area contributed by atoms with Gasteiger partial charge in [-0.25, -0.2) is 4.98 Å². The highest BCUT2D eigenvalue weighted by molar-refractivity contribution is 7.84. The van der Waals surface area contributed by atoms with Gasteiger partial charge >= 0.3 is 0 Å². The SMILES string of the molecule is O=C(Nc1cccc(Cl)c1)c1cccnc1S(=O)Cc1ccccc1. The van der Waals surface area contributed by atoms with Gasteiger partial charge in [-0.05, 0) is 35.9 Å². The normalized spacial score (nSPS) is 11.7. The number of carbonyl (C=O) groups excluding carboxylic acids is 1. The van der Waals surface area contributed by atoms with Crippen LogP contribution in [0.15, 0.2) is 78.0 Å². The van der Waals surface area contributed by atoms with Crippen LogP contribution in [0.1, 0.15) is 15.9 Å². The summed E-state index contributed by atoms with van der Waals surface area (Å²) in [6, 6.07) is 19.6. The summed E-state index contributed by atoms with van der Waals surface area (Å²) in [5, 5.41) is 3.55. The van der Waals surface area contributed by atoms with Crippen LogP contribution >= 0.6 is 11.6 Å². The second kappa shape index (κ2) is 8.05. The molecule has 1 amide bonds. The molecule has 0 fully saturated rings. The van der Waals surface area contributed by atoms with Crippen LogP contribution < -0.4 is 5.32 Å². The third-order valence-corrected chi connectivity index (χ3v) is 5.04. The van der Waals surface area contributed by atoms with Crippen LogP contribution in [0.5, 0.6) is 0 Å². The predicted octanol–water partition coefficient (Wildman–Crippen LogP) is 4.30. The predicted molar refractivity (Wildman–Crippen MR) is 100 cm³/mol. The zero-order valence-electron chi connectivity index (χ0n) is 13.2. The Morgan fingerprint density at radius 1 is 1.04 bits per heavy atom. The van der Waals surface area contributed by atoms with E-state index >= 15 is 0 Å². The van der Waals surface area contributed by atoms with Crippen LogP contribution in [0, 0.1) is 0 Å². The van der Waals surface area contributed by atoms with Gasteiger partial charge in [0.25, 0.3) is 5.91 Å². The van der Waals surface area contributed by atoms with Crippen molar-refractivity contribution in [2.75, 3.05) is 5.32 Å². The maximum Gasteiger partial charge on any atom is 0.258 e. The number of hydrogen-bond acceptors (Lipinski definition) is 3. The number of pyridine rings is 1. The van der Waals surface area contributed by atoms with E-state index in [0.717, 1.165) is 5.56 Å². The lowest BCUT2D eigenvalue weighted by molar-refractivity contribution is 0.102. The van der Waals surface area contributed by atoms with E-state index in [0.29, 0.717) is 16.5 Å². The molecule has 1 heterocycles. The molecule has 0 aliphatic carbocycles. The number of amides is 1. The Balaban J connectivity index is 1.82. The van der Waals surface area contributed by atoms with Crippen LogP contribution in [-0.4, -0.2) is 15.1 Å². The van der Waals surface area contributed by atoms with E-state index in [1.807, 2.05) is 30.3 Å². The molecule has 0 aliphatic rings. The van der Waals surface area contributed by atoms with Gasteiger partial charge in [0.1, 0.15) is 5.03 Å². The molecule has 0 saturated heterocycles. The van der Waals surface area contributed by atoms with Crippen molar-refractivity contribution in [3.63, 3.8) is 0 Å². The number of nitrogens with one attached hydrogen (secondary N) is 1. The molecule has 0 bridgehead atoms. The summed E-state index contributed by atoms with van der Waals surface area (Å²) >= 11 is 5.93. The number of benzene rings is 2. The number of nitrogens with zero attached hydrogens (tertiary/aromatic N) is 1. The highest BCUT2D eigenvalue weighted by Gasteiger charge is 2.17. The van der Waals surface area contributed by atoms with E-state index in [9.17, 15) is 9.00 Å². The zero-order chi connectivity index (χ0) is 17.6. The molecule has 4 nitrogen and oxygen atoms in total. The molecule has 0 radical (unpaired) electrons. The van der Waals surface area contributed by atoms with Crippen molar-refractivity contribution in [3.05, 3.63) is 89.1 Å². The van der Waals surface area contributed by atoms with Crippen molar-refractivity contribution in [2.24, 2.45) is 0 Å². The molecule has 2 aromatic carbocycles. The van der Waals surface area contributed by atoms with Crippen LogP contribution in [0.4, 0.5) is 5.69 Å². The van der Waals surface area contributed by atoms with Gasteiger partial charge in [0.2, 0.25) is 0 Å². The van der Waals surface area contributed by atoms with Gasteiger partial charge in [0.15, 0.2) is 0 Å². The summed E-state index contributed by atoms with van der Waals surface area (Å²) in [6.07, 6.45) is 1.54. The van der Waals surface area contributed by atoms with Crippen molar-refractivity contribution >= 4 is 34.0 Å². The Kier molecular flexibility index (Phi) is 5.58. The van der Waals surface area contributed by atoms with Crippen molar-refractivity contribution in [3.8, 4) is 0 Å².